The Morgan fingerprint density at radius 3 is 2.39 bits per heavy atom. The first-order chi connectivity index (χ1) is 15.0. The summed E-state index contributed by atoms with van der Waals surface area (Å²) in [5.74, 6) is -1.97. The average Bonchev–Trinajstić information content (AvgIpc) is 2.91. The molecule has 0 fully saturated rings. The highest BCUT2D eigenvalue weighted by Crippen LogP contribution is 2.38. The van der Waals surface area contributed by atoms with E-state index < -0.39 is 23.6 Å². The van der Waals surface area contributed by atoms with Crippen LogP contribution >= 0.6 is 0 Å². The van der Waals surface area contributed by atoms with Crippen molar-refractivity contribution in [3.8, 4) is 0 Å². The number of nitrogens with zero attached hydrogens (tertiary/aromatic N) is 1. The molecule has 0 spiro atoms. The zero-order valence-electron chi connectivity index (χ0n) is 17.0. The van der Waals surface area contributed by atoms with Crippen molar-refractivity contribution in [3.05, 3.63) is 101 Å². The molecular formula is C25H22F2N2O2. The van der Waals surface area contributed by atoms with Gasteiger partial charge in [-0.25, -0.2) is 8.78 Å². The summed E-state index contributed by atoms with van der Waals surface area (Å²) < 4.78 is 27.8. The number of rotatable bonds is 4. The van der Waals surface area contributed by atoms with Crippen LogP contribution in [0.15, 0.2) is 72.8 Å². The fraction of sp³-hybridized carbons (Fsp3) is 0.200. The second-order valence-corrected chi connectivity index (χ2v) is 7.57. The minimum atomic E-state index is -0.740. The molecule has 0 saturated carbocycles. The minimum Gasteiger partial charge on any atom is -0.324 e. The second kappa shape index (κ2) is 8.68. The third-order valence-corrected chi connectivity index (χ3v) is 5.59. The van der Waals surface area contributed by atoms with Crippen molar-refractivity contribution in [2.45, 2.75) is 25.3 Å². The molecule has 0 unspecified atom stereocenters. The van der Waals surface area contributed by atoms with Crippen molar-refractivity contribution in [3.63, 3.8) is 0 Å². The fourth-order valence-electron chi connectivity index (χ4n) is 4.13. The van der Waals surface area contributed by atoms with Crippen LogP contribution < -0.4 is 5.32 Å². The van der Waals surface area contributed by atoms with Gasteiger partial charge in [-0.1, -0.05) is 49.4 Å². The monoisotopic (exact) mass is 420 g/mol. The highest BCUT2D eigenvalue weighted by Gasteiger charge is 2.36. The Balaban J connectivity index is 1.86. The molecule has 1 heterocycles. The summed E-state index contributed by atoms with van der Waals surface area (Å²) in [6.07, 6.45) is 0.535. The molecule has 1 N–H and O–H groups in total. The van der Waals surface area contributed by atoms with Crippen LogP contribution in [0.2, 0.25) is 0 Å². The summed E-state index contributed by atoms with van der Waals surface area (Å²) in [7, 11) is 0. The van der Waals surface area contributed by atoms with E-state index in [0.29, 0.717) is 23.2 Å². The van der Waals surface area contributed by atoms with E-state index in [1.165, 1.54) is 35.2 Å². The van der Waals surface area contributed by atoms with Gasteiger partial charge in [-0.05, 0) is 47.9 Å². The lowest BCUT2D eigenvalue weighted by Crippen LogP contribution is -2.41. The summed E-state index contributed by atoms with van der Waals surface area (Å²) in [5.41, 5.74) is 2.33. The normalized spacial score (nSPS) is 16.8. The first kappa shape index (κ1) is 20.7. The predicted octanol–water partition coefficient (Wildman–Crippen LogP) is 5.03. The first-order valence-electron chi connectivity index (χ1n) is 10.2. The van der Waals surface area contributed by atoms with Gasteiger partial charge in [-0.15, -0.1) is 0 Å². The summed E-state index contributed by atoms with van der Waals surface area (Å²) >= 11 is 0. The van der Waals surface area contributed by atoms with Gasteiger partial charge in [0.25, 0.3) is 0 Å². The zero-order valence-corrected chi connectivity index (χ0v) is 17.0. The van der Waals surface area contributed by atoms with Gasteiger partial charge in [-0.3, -0.25) is 9.59 Å². The molecule has 0 aromatic heterocycles. The quantitative estimate of drug-likeness (QED) is 0.644. The molecule has 158 valence electrons. The summed E-state index contributed by atoms with van der Waals surface area (Å²) in [4.78, 5) is 27.9. The number of nitrogens with one attached hydrogen (secondary N) is 1. The predicted molar refractivity (Wildman–Crippen MR) is 114 cm³/mol. The standard InChI is InChI=1S/C25H22F2N2O2/c1-2-20(16-6-4-3-5-7-16)25(31)29-15-23(30)28-22-13-12-19(27)14-21(22)24(29)17-8-10-18(26)11-9-17/h3-14,20,24H,2,15H2,1H3,(H,28,30)/t20-,24-/m0/s1. The number of benzene rings is 3. The summed E-state index contributed by atoms with van der Waals surface area (Å²) in [6.45, 7) is 1.72. The van der Waals surface area contributed by atoms with Crippen LogP contribution in [0.4, 0.5) is 14.5 Å². The van der Waals surface area contributed by atoms with Gasteiger partial charge in [0.05, 0.1) is 12.0 Å². The lowest BCUT2D eigenvalue weighted by Gasteiger charge is -2.33. The number of carbonyl (C=O) groups excluding carboxylic acids is 2. The fourth-order valence-corrected chi connectivity index (χ4v) is 4.13. The Labute approximate surface area is 179 Å². The van der Waals surface area contributed by atoms with E-state index >= 15 is 0 Å². The average molecular weight is 420 g/mol. The molecule has 4 nitrogen and oxygen atoms in total. The number of anilines is 1. The Morgan fingerprint density at radius 2 is 1.71 bits per heavy atom. The second-order valence-electron chi connectivity index (χ2n) is 7.57. The Bertz CT molecular complexity index is 1100. The number of amides is 2. The van der Waals surface area contributed by atoms with E-state index in [9.17, 15) is 18.4 Å². The van der Waals surface area contributed by atoms with E-state index in [1.54, 1.807) is 12.1 Å². The number of carbonyl (C=O) groups is 2. The van der Waals surface area contributed by atoms with E-state index in [2.05, 4.69) is 5.32 Å². The first-order valence-corrected chi connectivity index (χ1v) is 10.2. The third kappa shape index (κ3) is 4.19. The van der Waals surface area contributed by atoms with Gasteiger partial charge < -0.3 is 10.2 Å². The van der Waals surface area contributed by atoms with Crippen molar-refractivity contribution in [2.24, 2.45) is 0 Å². The van der Waals surface area contributed by atoms with Crippen molar-refractivity contribution in [1.82, 2.24) is 4.90 Å². The topological polar surface area (TPSA) is 49.4 Å². The molecule has 0 radical (unpaired) electrons. The smallest absolute Gasteiger partial charge is 0.244 e. The van der Waals surface area contributed by atoms with Gasteiger partial charge in [0, 0.05) is 11.3 Å². The van der Waals surface area contributed by atoms with Gasteiger partial charge in [0.1, 0.15) is 18.2 Å². The van der Waals surface area contributed by atoms with Crippen LogP contribution in [0.5, 0.6) is 0 Å². The molecule has 0 saturated heterocycles. The van der Waals surface area contributed by atoms with Gasteiger partial charge in [-0.2, -0.15) is 0 Å². The van der Waals surface area contributed by atoms with Crippen LogP contribution in [0.1, 0.15) is 42.0 Å². The zero-order chi connectivity index (χ0) is 22.0. The molecular weight excluding hydrogens is 398 g/mol. The van der Waals surface area contributed by atoms with E-state index in [1.807, 2.05) is 37.3 Å². The molecule has 2 atom stereocenters. The van der Waals surface area contributed by atoms with Gasteiger partial charge in [0.2, 0.25) is 11.8 Å². The van der Waals surface area contributed by atoms with E-state index in [4.69, 9.17) is 0 Å². The highest BCUT2D eigenvalue weighted by molar-refractivity contribution is 5.98. The maximum atomic E-state index is 14.2. The molecule has 6 heteroatoms. The molecule has 31 heavy (non-hydrogen) atoms. The number of halogens is 2. The lowest BCUT2D eigenvalue weighted by atomic mass is 9.91. The van der Waals surface area contributed by atoms with Crippen molar-refractivity contribution >= 4 is 17.5 Å². The molecule has 3 aromatic rings. The summed E-state index contributed by atoms with van der Waals surface area (Å²) in [6, 6.07) is 18.4. The van der Waals surface area contributed by atoms with Gasteiger partial charge in [0.15, 0.2) is 0 Å². The lowest BCUT2D eigenvalue weighted by molar-refractivity contribution is -0.137. The van der Waals surface area contributed by atoms with Crippen molar-refractivity contribution < 1.29 is 18.4 Å². The van der Waals surface area contributed by atoms with E-state index in [0.717, 1.165) is 5.56 Å². The minimum absolute atomic E-state index is 0.194. The van der Waals surface area contributed by atoms with Crippen molar-refractivity contribution in [1.29, 1.82) is 0 Å². The van der Waals surface area contributed by atoms with Crippen LogP contribution in [-0.4, -0.2) is 23.3 Å². The van der Waals surface area contributed by atoms with Gasteiger partial charge >= 0.3 is 0 Å². The van der Waals surface area contributed by atoms with Crippen LogP contribution in [0, 0.1) is 11.6 Å². The van der Waals surface area contributed by atoms with Crippen LogP contribution in [-0.2, 0) is 9.59 Å². The van der Waals surface area contributed by atoms with Crippen LogP contribution in [0.25, 0.3) is 0 Å². The molecule has 1 aliphatic heterocycles. The maximum absolute atomic E-state index is 14.2. The number of hydrogen-bond donors (Lipinski definition) is 1. The Morgan fingerprint density at radius 1 is 1.03 bits per heavy atom. The Kier molecular flexibility index (Phi) is 5.80. The highest BCUT2D eigenvalue weighted by atomic mass is 19.1. The number of fused-ring (bicyclic) bond motifs is 1. The van der Waals surface area contributed by atoms with E-state index in [-0.39, 0.29) is 18.4 Å². The van der Waals surface area contributed by atoms with Crippen molar-refractivity contribution in [2.75, 3.05) is 11.9 Å². The molecule has 2 amide bonds. The molecule has 1 aliphatic rings. The molecule has 3 aromatic carbocycles. The largest absolute Gasteiger partial charge is 0.324 e. The molecule has 0 bridgehead atoms. The molecule has 0 aliphatic carbocycles. The third-order valence-electron chi connectivity index (χ3n) is 5.59. The van der Waals surface area contributed by atoms with Crippen LogP contribution in [0.3, 0.4) is 0 Å². The summed E-state index contributed by atoms with van der Waals surface area (Å²) in [5, 5.41) is 2.77. The SMILES string of the molecule is CC[C@H](C(=O)N1CC(=O)Nc2ccc(F)cc2[C@@H]1c1ccc(F)cc1)c1ccccc1. The Hall–Kier alpha value is -3.54. The molecule has 4 rings (SSSR count). The maximum Gasteiger partial charge on any atom is 0.244 e. The number of hydrogen-bond acceptors (Lipinski definition) is 2.